The Balaban J connectivity index is 2.22. The molecular formula is C14H8F3N3O. The fourth-order valence-corrected chi connectivity index (χ4v) is 2.02. The molecule has 7 heteroatoms. The molecule has 21 heavy (non-hydrogen) atoms. The maximum absolute atomic E-state index is 13.3. The van der Waals surface area contributed by atoms with Crippen molar-refractivity contribution >= 4 is 5.88 Å². The summed E-state index contributed by atoms with van der Waals surface area (Å²) in [4.78, 5) is 3.69. The van der Waals surface area contributed by atoms with Gasteiger partial charge in [0.05, 0.1) is 11.8 Å². The SMILES string of the molecule is Nc1onc(-c2cncc(F)c2)c1-c1cc(F)cc(F)c1. The van der Waals surface area contributed by atoms with Gasteiger partial charge in [-0.3, -0.25) is 4.98 Å². The number of benzene rings is 1. The smallest absolute Gasteiger partial charge is 0.230 e. The van der Waals surface area contributed by atoms with E-state index in [1.54, 1.807) is 0 Å². The first-order valence-electron chi connectivity index (χ1n) is 5.87. The number of nitrogen functional groups attached to an aromatic ring is 1. The molecule has 2 heterocycles. The van der Waals surface area contributed by atoms with E-state index in [-0.39, 0.29) is 28.3 Å². The Hall–Kier alpha value is -2.83. The molecule has 0 aliphatic carbocycles. The maximum atomic E-state index is 13.3. The third-order valence-electron chi connectivity index (χ3n) is 2.85. The van der Waals surface area contributed by atoms with Crippen LogP contribution in [0.15, 0.2) is 41.2 Å². The molecule has 0 amide bonds. The van der Waals surface area contributed by atoms with E-state index in [0.717, 1.165) is 24.4 Å². The quantitative estimate of drug-likeness (QED) is 0.786. The van der Waals surface area contributed by atoms with E-state index in [9.17, 15) is 13.2 Å². The standard InChI is InChI=1S/C14H8F3N3O/c15-9-1-7(2-10(16)4-9)12-13(20-21-14(12)18)8-3-11(17)6-19-5-8/h1-6H,18H2. The minimum atomic E-state index is -0.770. The Labute approximate surface area is 117 Å². The van der Waals surface area contributed by atoms with E-state index < -0.39 is 17.5 Å². The van der Waals surface area contributed by atoms with Gasteiger partial charge in [0.25, 0.3) is 0 Å². The normalized spacial score (nSPS) is 10.8. The summed E-state index contributed by atoms with van der Waals surface area (Å²) in [5.41, 5.74) is 6.43. The van der Waals surface area contributed by atoms with Crippen LogP contribution in [0.2, 0.25) is 0 Å². The summed E-state index contributed by atoms with van der Waals surface area (Å²) in [5, 5.41) is 3.71. The first kappa shape index (κ1) is 13.2. The lowest BCUT2D eigenvalue weighted by atomic mass is 10.0. The second-order valence-corrected chi connectivity index (χ2v) is 4.32. The van der Waals surface area contributed by atoms with E-state index >= 15 is 0 Å². The number of pyridine rings is 1. The topological polar surface area (TPSA) is 64.9 Å². The van der Waals surface area contributed by atoms with Crippen molar-refractivity contribution in [2.45, 2.75) is 0 Å². The van der Waals surface area contributed by atoms with Crippen LogP contribution < -0.4 is 5.73 Å². The highest BCUT2D eigenvalue weighted by molar-refractivity contribution is 5.86. The number of halogens is 3. The van der Waals surface area contributed by atoms with Gasteiger partial charge in [-0.05, 0) is 23.8 Å². The molecule has 3 rings (SSSR count). The molecule has 0 aliphatic heterocycles. The number of anilines is 1. The van der Waals surface area contributed by atoms with Gasteiger partial charge in [0.15, 0.2) is 0 Å². The van der Waals surface area contributed by atoms with Crippen LogP contribution in [0.3, 0.4) is 0 Å². The summed E-state index contributed by atoms with van der Waals surface area (Å²) in [7, 11) is 0. The molecule has 3 aromatic rings. The molecule has 0 aliphatic rings. The third kappa shape index (κ3) is 2.45. The van der Waals surface area contributed by atoms with Gasteiger partial charge in [-0.1, -0.05) is 5.16 Å². The summed E-state index contributed by atoms with van der Waals surface area (Å²) >= 11 is 0. The molecule has 0 spiro atoms. The van der Waals surface area contributed by atoms with Crippen molar-refractivity contribution in [1.82, 2.24) is 10.1 Å². The molecule has 0 atom stereocenters. The highest BCUT2D eigenvalue weighted by Crippen LogP contribution is 2.36. The van der Waals surface area contributed by atoms with Crippen molar-refractivity contribution in [2.75, 3.05) is 5.73 Å². The van der Waals surface area contributed by atoms with E-state index in [0.29, 0.717) is 0 Å². The molecule has 0 saturated heterocycles. The lowest BCUT2D eigenvalue weighted by Crippen LogP contribution is -1.91. The van der Waals surface area contributed by atoms with Gasteiger partial charge in [-0.2, -0.15) is 0 Å². The molecular weight excluding hydrogens is 283 g/mol. The van der Waals surface area contributed by atoms with Crippen LogP contribution in [-0.2, 0) is 0 Å². The predicted molar refractivity (Wildman–Crippen MR) is 69.5 cm³/mol. The van der Waals surface area contributed by atoms with Gasteiger partial charge in [0.2, 0.25) is 5.88 Å². The first-order chi connectivity index (χ1) is 10.0. The second kappa shape index (κ2) is 4.93. The average molecular weight is 291 g/mol. The van der Waals surface area contributed by atoms with E-state index in [2.05, 4.69) is 10.1 Å². The first-order valence-corrected chi connectivity index (χ1v) is 5.87. The lowest BCUT2D eigenvalue weighted by Gasteiger charge is -2.03. The van der Waals surface area contributed by atoms with Crippen molar-refractivity contribution in [3.8, 4) is 22.4 Å². The summed E-state index contributed by atoms with van der Waals surface area (Å²) in [6.07, 6.45) is 2.37. The summed E-state index contributed by atoms with van der Waals surface area (Å²) in [5.74, 6) is -2.24. The molecule has 1 aromatic carbocycles. The van der Waals surface area contributed by atoms with Crippen molar-refractivity contribution in [3.63, 3.8) is 0 Å². The van der Waals surface area contributed by atoms with Crippen molar-refractivity contribution < 1.29 is 17.7 Å². The Kier molecular flexibility index (Phi) is 3.09. The Morgan fingerprint density at radius 1 is 0.857 bits per heavy atom. The maximum Gasteiger partial charge on any atom is 0.230 e. The van der Waals surface area contributed by atoms with Crippen LogP contribution in [0.4, 0.5) is 19.1 Å². The van der Waals surface area contributed by atoms with E-state index in [1.807, 2.05) is 0 Å². The number of hydrogen-bond acceptors (Lipinski definition) is 4. The molecule has 2 aromatic heterocycles. The number of nitrogens with zero attached hydrogens (tertiary/aromatic N) is 2. The minimum Gasteiger partial charge on any atom is -0.367 e. The van der Waals surface area contributed by atoms with Crippen LogP contribution in [0.1, 0.15) is 0 Å². The van der Waals surface area contributed by atoms with Crippen LogP contribution in [0.5, 0.6) is 0 Å². The summed E-state index contributed by atoms with van der Waals surface area (Å²) in [6.45, 7) is 0. The Morgan fingerprint density at radius 3 is 2.19 bits per heavy atom. The average Bonchev–Trinajstić information content (AvgIpc) is 2.79. The minimum absolute atomic E-state index is 0.126. The monoisotopic (exact) mass is 291 g/mol. The largest absolute Gasteiger partial charge is 0.367 e. The van der Waals surface area contributed by atoms with Crippen LogP contribution in [0, 0.1) is 17.5 Å². The van der Waals surface area contributed by atoms with Gasteiger partial charge in [-0.25, -0.2) is 13.2 Å². The second-order valence-electron chi connectivity index (χ2n) is 4.32. The highest BCUT2D eigenvalue weighted by Gasteiger charge is 2.19. The molecule has 0 unspecified atom stereocenters. The molecule has 0 radical (unpaired) electrons. The molecule has 0 fully saturated rings. The van der Waals surface area contributed by atoms with Crippen LogP contribution in [-0.4, -0.2) is 10.1 Å². The third-order valence-corrected chi connectivity index (χ3v) is 2.85. The van der Waals surface area contributed by atoms with Gasteiger partial charge in [0.1, 0.15) is 23.1 Å². The van der Waals surface area contributed by atoms with Gasteiger partial charge < -0.3 is 10.3 Å². The van der Waals surface area contributed by atoms with Gasteiger partial charge in [0, 0.05) is 17.8 Å². The fourth-order valence-electron chi connectivity index (χ4n) is 2.02. The molecule has 4 nitrogen and oxygen atoms in total. The zero-order valence-electron chi connectivity index (χ0n) is 10.5. The highest BCUT2D eigenvalue weighted by atomic mass is 19.1. The Bertz CT molecular complexity index is 797. The Morgan fingerprint density at radius 2 is 1.52 bits per heavy atom. The number of hydrogen-bond donors (Lipinski definition) is 1. The van der Waals surface area contributed by atoms with Crippen molar-refractivity contribution in [2.24, 2.45) is 0 Å². The molecule has 106 valence electrons. The molecule has 2 N–H and O–H groups in total. The number of aromatic nitrogens is 2. The molecule has 0 saturated carbocycles. The summed E-state index contributed by atoms with van der Waals surface area (Å²) in [6, 6.07) is 4.07. The van der Waals surface area contributed by atoms with Crippen molar-refractivity contribution in [3.05, 3.63) is 54.1 Å². The van der Waals surface area contributed by atoms with E-state index in [4.69, 9.17) is 10.3 Å². The fraction of sp³-hybridized carbons (Fsp3) is 0. The van der Waals surface area contributed by atoms with Gasteiger partial charge in [-0.15, -0.1) is 0 Å². The predicted octanol–water partition coefficient (Wildman–Crippen LogP) is 3.40. The molecule has 0 bridgehead atoms. The van der Waals surface area contributed by atoms with Crippen LogP contribution in [0.25, 0.3) is 22.4 Å². The summed E-state index contributed by atoms with van der Waals surface area (Å²) < 4.78 is 44.8. The van der Waals surface area contributed by atoms with E-state index in [1.165, 1.54) is 12.3 Å². The van der Waals surface area contributed by atoms with Crippen LogP contribution >= 0.6 is 0 Å². The zero-order valence-corrected chi connectivity index (χ0v) is 10.5. The zero-order chi connectivity index (χ0) is 15.0. The lowest BCUT2D eigenvalue weighted by molar-refractivity contribution is 0.439. The number of rotatable bonds is 2. The number of nitrogens with two attached hydrogens (primary N) is 1. The van der Waals surface area contributed by atoms with Crippen molar-refractivity contribution in [1.29, 1.82) is 0 Å². The van der Waals surface area contributed by atoms with Gasteiger partial charge >= 0.3 is 0 Å².